The van der Waals surface area contributed by atoms with Crippen LogP contribution in [0.3, 0.4) is 0 Å². The lowest BCUT2D eigenvalue weighted by atomic mass is 9.33. The van der Waals surface area contributed by atoms with Gasteiger partial charge in [0, 0.05) is 23.8 Å². The molecule has 0 spiro atoms. The number of hydrogen-bond acceptors (Lipinski definition) is 5. The number of Topliss-reactive ketones (excluding diaryl/α,β-unsaturated/α-hetero) is 2. The average molecular weight is 690 g/mol. The Morgan fingerprint density at radius 3 is 2.12 bits per heavy atom. The summed E-state index contributed by atoms with van der Waals surface area (Å²) >= 11 is 6.15. The third-order valence-electron chi connectivity index (χ3n) is 15.8. The van der Waals surface area contributed by atoms with E-state index in [-0.39, 0.29) is 57.8 Å². The Bertz CT molecular complexity index is 1640. The van der Waals surface area contributed by atoms with Crippen LogP contribution in [0.1, 0.15) is 132 Å². The van der Waals surface area contributed by atoms with Gasteiger partial charge in [0.1, 0.15) is 6.10 Å². The van der Waals surface area contributed by atoms with Gasteiger partial charge >= 0.3 is 5.97 Å². The number of rotatable bonds is 6. The minimum atomic E-state index is -1.06. The van der Waals surface area contributed by atoms with Crippen LogP contribution in [-0.4, -0.2) is 29.5 Å². The van der Waals surface area contributed by atoms with E-state index < -0.39 is 22.6 Å². The van der Waals surface area contributed by atoms with Gasteiger partial charge < -0.3 is 10.1 Å². The smallest absolute Gasteiger partial charge is 0.302 e. The first-order valence-corrected chi connectivity index (χ1v) is 19.3. The summed E-state index contributed by atoms with van der Waals surface area (Å²) in [7, 11) is 0. The molecule has 0 bridgehead atoms. The van der Waals surface area contributed by atoms with Gasteiger partial charge in [0.25, 0.3) is 5.91 Å². The number of halogens is 1. The summed E-state index contributed by atoms with van der Waals surface area (Å²) in [6, 6.07) is 7.52. The quantitative estimate of drug-likeness (QED) is 0.238. The van der Waals surface area contributed by atoms with Crippen molar-refractivity contribution in [2.24, 2.45) is 50.7 Å². The zero-order valence-corrected chi connectivity index (χ0v) is 31.6. The maximum atomic E-state index is 14.7. The molecule has 6 aliphatic rings. The van der Waals surface area contributed by atoms with Crippen LogP contribution in [0.25, 0.3) is 0 Å². The highest BCUT2D eigenvalue weighted by molar-refractivity contribution is 6.40. The molecule has 49 heavy (non-hydrogen) atoms. The second-order valence-electron chi connectivity index (χ2n) is 18.6. The summed E-state index contributed by atoms with van der Waals surface area (Å²) in [6.07, 6.45) is 9.01. The fourth-order valence-corrected chi connectivity index (χ4v) is 13.3. The lowest BCUT2D eigenvalue weighted by Gasteiger charge is -2.72. The van der Waals surface area contributed by atoms with Gasteiger partial charge in [0.2, 0.25) is 5.78 Å². The first-order valence-electron chi connectivity index (χ1n) is 18.9. The molecule has 7 heteroatoms. The second kappa shape index (κ2) is 11.3. The third-order valence-corrected chi connectivity index (χ3v) is 16.1. The molecule has 1 unspecified atom stereocenters. The zero-order chi connectivity index (χ0) is 35.5. The van der Waals surface area contributed by atoms with E-state index in [1.54, 1.807) is 0 Å². The van der Waals surface area contributed by atoms with E-state index in [0.717, 1.165) is 74.5 Å². The molecule has 0 aliphatic heterocycles. The minimum Gasteiger partial charge on any atom is -0.462 e. The van der Waals surface area contributed by atoms with Crippen LogP contribution in [0.5, 0.6) is 0 Å². The van der Waals surface area contributed by atoms with Crippen molar-refractivity contribution >= 4 is 35.0 Å². The van der Waals surface area contributed by atoms with E-state index in [1.807, 2.05) is 24.3 Å². The van der Waals surface area contributed by atoms with Gasteiger partial charge in [-0.1, -0.05) is 72.2 Å². The van der Waals surface area contributed by atoms with Crippen LogP contribution in [0.15, 0.2) is 35.4 Å². The van der Waals surface area contributed by atoms with Gasteiger partial charge in [-0.3, -0.25) is 19.2 Å². The Morgan fingerprint density at radius 1 is 0.837 bits per heavy atom. The van der Waals surface area contributed by atoms with Crippen LogP contribution < -0.4 is 5.32 Å². The summed E-state index contributed by atoms with van der Waals surface area (Å²) in [4.78, 5) is 54.9. The molecule has 1 N–H and O–H groups in total. The SMILES string of the molecule is CC(=O)O[C@H]1CC[C@]2(C)C3CC[C@@H]4C5=C(C(C)C)C(=O)C[C@]5(C(=O)C(=O)NC5(c6ccc(Cl)cc6)CC5)CC[C@@]4(C)[C@]3(C)CC[C@H]2C1(C)C. The molecule has 1 aromatic rings. The molecule has 1 amide bonds. The molecular formula is C42H56ClNO5. The van der Waals surface area contributed by atoms with Gasteiger partial charge in [-0.2, -0.15) is 0 Å². The molecule has 0 aromatic heterocycles. The average Bonchev–Trinajstić information content (AvgIpc) is 3.72. The number of benzene rings is 1. The number of fused-ring (bicyclic) bond motifs is 7. The predicted molar refractivity (Wildman–Crippen MR) is 190 cm³/mol. The molecule has 0 saturated heterocycles. The summed E-state index contributed by atoms with van der Waals surface area (Å²) in [6.45, 7) is 17.8. The monoisotopic (exact) mass is 689 g/mol. The van der Waals surface area contributed by atoms with Crippen molar-refractivity contribution in [2.75, 3.05) is 0 Å². The van der Waals surface area contributed by atoms with Crippen LogP contribution in [0.4, 0.5) is 0 Å². The Hall–Kier alpha value is -2.47. The van der Waals surface area contributed by atoms with Gasteiger partial charge in [-0.25, -0.2) is 0 Å². The van der Waals surface area contributed by atoms with E-state index >= 15 is 0 Å². The zero-order valence-electron chi connectivity index (χ0n) is 30.9. The van der Waals surface area contributed by atoms with Crippen molar-refractivity contribution in [2.45, 2.75) is 138 Å². The van der Waals surface area contributed by atoms with Crippen LogP contribution in [-0.2, 0) is 29.5 Å². The molecule has 5 fully saturated rings. The van der Waals surface area contributed by atoms with Crippen molar-refractivity contribution < 1.29 is 23.9 Å². The third kappa shape index (κ3) is 4.84. The number of allylic oxidation sites excluding steroid dienone is 2. The molecule has 8 atom stereocenters. The highest BCUT2D eigenvalue weighted by Gasteiger charge is 2.71. The van der Waals surface area contributed by atoms with Crippen molar-refractivity contribution in [1.82, 2.24) is 5.32 Å². The molecule has 0 heterocycles. The van der Waals surface area contributed by atoms with E-state index in [4.69, 9.17) is 16.3 Å². The van der Waals surface area contributed by atoms with E-state index in [2.05, 4.69) is 53.8 Å². The number of ether oxygens (including phenoxy) is 1. The van der Waals surface area contributed by atoms with Gasteiger partial charge in [-0.05, 0) is 133 Å². The predicted octanol–water partition coefficient (Wildman–Crippen LogP) is 8.93. The van der Waals surface area contributed by atoms with E-state index in [1.165, 1.54) is 6.92 Å². The standard InChI is InChI=1S/C42H56ClNO5/c1-24(2)33-29(46)23-41(35(47)36(48)44-42(21-22-42)26-9-11-27(43)12-10-26)20-19-39(7)28(34(33)41)13-14-31-38(6)17-16-32(49-25(3)45)37(4,5)30(38)15-18-40(31,39)8/h9-12,24,28,30-32H,13-23H2,1-8H3,(H,44,48)/t28-,30+,31?,32+,38+,39-,40-,41-/m1/s1. The Labute approximate surface area is 297 Å². The Balaban J connectivity index is 1.23. The molecule has 0 radical (unpaired) electrons. The molecule has 5 saturated carbocycles. The number of amides is 1. The van der Waals surface area contributed by atoms with Crippen LogP contribution in [0.2, 0.25) is 5.02 Å². The van der Waals surface area contributed by atoms with Crippen LogP contribution >= 0.6 is 11.6 Å². The van der Waals surface area contributed by atoms with Crippen molar-refractivity contribution in [3.63, 3.8) is 0 Å². The maximum Gasteiger partial charge on any atom is 0.302 e. The van der Waals surface area contributed by atoms with Gasteiger partial charge in [0.05, 0.1) is 11.0 Å². The highest BCUT2D eigenvalue weighted by Crippen LogP contribution is 2.77. The fraction of sp³-hybridized carbons (Fsp3) is 0.714. The molecule has 1 aromatic carbocycles. The number of esters is 1. The Kier molecular flexibility index (Phi) is 8.03. The molecular weight excluding hydrogens is 634 g/mol. The lowest BCUT2D eigenvalue weighted by Crippen LogP contribution is -2.66. The lowest BCUT2D eigenvalue weighted by molar-refractivity contribution is -0.232. The van der Waals surface area contributed by atoms with Crippen molar-refractivity contribution in [1.29, 1.82) is 0 Å². The summed E-state index contributed by atoms with van der Waals surface area (Å²) in [5.74, 6) is -0.100. The number of hydrogen-bond donors (Lipinski definition) is 1. The van der Waals surface area contributed by atoms with Gasteiger partial charge in [0.15, 0.2) is 5.78 Å². The highest BCUT2D eigenvalue weighted by atomic mass is 35.5. The van der Waals surface area contributed by atoms with Crippen molar-refractivity contribution in [3.8, 4) is 0 Å². The minimum absolute atomic E-state index is 0.0103. The summed E-state index contributed by atoms with van der Waals surface area (Å²) < 4.78 is 5.93. The number of ketones is 2. The van der Waals surface area contributed by atoms with E-state index in [0.29, 0.717) is 23.3 Å². The van der Waals surface area contributed by atoms with Crippen molar-refractivity contribution in [3.05, 3.63) is 46.0 Å². The molecule has 6 nitrogen and oxygen atoms in total. The van der Waals surface area contributed by atoms with Gasteiger partial charge in [-0.15, -0.1) is 0 Å². The topological polar surface area (TPSA) is 89.5 Å². The number of carbonyl (C=O) groups is 4. The second-order valence-corrected chi connectivity index (χ2v) is 19.0. The summed E-state index contributed by atoms with van der Waals surface area (Å²) in [5.41, 5.74) is 1.08. The fourth-order valence-electron chi connectivity index (χ4n) is 13.2. The Morgan fingerprint density at radius 2 is 1.51 bits per heavy atom. The van der Waals surface area contributed by atoms with E-state index in [9.17, 15) is 19.2 Å². The largest absolute Gasteiger partial charge is 0.462 e. The van der Waals surface area contributed by atoms with Crippen LogP contribution in [0, 0.1) is 50.7 Å². The number of carbonyl (C=O) groups excluding carboxylic acids is 4. The first kappa shape index (κ1) is 35.0. The summed E-state index contributed by atoms with van der Waals surface area (Å²) in [5, 5.41) is 3.80. The number of nitrogens with one attached hydrogen (secondary N) is 1. The first-order chi connectivity index (χ1) is 22.9. The molecule has 6 aliphatic carbocycles. The molecule has 7 rings (SSSR count). The normalized spacial score (nSPS) is 40.1. The molecule has 266 valence electrons. The maximum absolute atomic E-state index is 14.7.